The van der Waals surface area contributed by atoms with Gasteiger partial charge in [0.15, 0.2) is 11.4 Å². The zero-order chi connectivity index (χ0) is 28.4. The van der Waals surface area contributed by atoms with Crippen molar-refractivity contribution in [3.63, 3.8) is 0 Å². The molecule has 0 bridgehead atoms. The van der Waals surface area contributed by atoms with E-state index in [4.69, 9.17) is 9.47 Å². The van der Waals surface area contributed by atoms with Crippen molar-refractivity contribution in [1.82, 2.24) is 0 Å². The van der Waals surface area contributed by atoms with Crippen LogP contribution in [0.15, 0.2) is 58.8 Å². The third-order valence-electron chi connectivity index (χ3n) is 4.50. The maximum absolute atomic E-state index is 13.3. The van der Waals surface area contributed by atoms with E-state index in [1.54, 1.807) is 0 Å². The summed E-state index contributed by atoms with van der Waals surface area (Å²) < 4.78 is 117. The Morgan fingerprint density at radius 1 is 0.763 bits per heavy atom. The molecule has 0 saturated heterocycles. The number of ether oxygens (including phenoxy) is 2. The molecular weight excluding hydrogens is 546 g/mol. The van der Waals surface area contributed by atoms with Crippen LogP contribution >= 0.6 is 0 Å². The van der Waals surface area contributed by atoms with E-state index in [1.165, 1.54) is 43.3 Å². The van der Waals surface area contributed by atoms with Crippen molar-refractivity contribution in [3.05, 3.63) is 59.7 Å². The molecule has 2 aromatic rings. The van der Waals surface area contributed by atoms with Gasteiger partial charge in [0.05, 0.1) is 19.0 Å². The summed E-state index contributed by atoms with van der Waals surface area (Å²) in [5, 5.41) is 5.82. The molecule has 0 radical (unpaired) electrons. The fourth-order valence-electron chi connectivity index (χ4n) is 2.87. The van der Waals surface area contributed by atoms with E-state index < -0.39 is 45.2 Å². The minimum atomic E-state index is -4.97. The normalized spacial score (nSPS) is 13.3. The lowest BCUT2D eigenvalue weighted by Crippen LogP contribution is -2.25. The Hall–Kier alpha value is -3.49. The second kappa shape index (κ2) is 13.3. The van der Waals surface area contributed by atoms with Gasteiger partial charge in [0.1, 0.15) is 18.6 Å². The van der Waals surface area contributed by atoms with Crippen LogP contribution in [0.5, 0.6) is 11.5 Å². The van der Waals surface area contributed by atoms with Gasteiger partial charge in [-0.1, -0.05) is 17.2 Å². The summed E-state index contributed by atoms with van der Waals surface area (Å²) >= 11 is 0. The lowest BCUT2D eigenvalue weighted by Gasteiger charge is -2.12. The summed E-state index contributed by atoms with van der Waals surface area (Å²) in [6.45, 7) is 1.78. The van der Waals surface area contributed by atoms with Crippen molar-refractivity contribution in [3.8, 4) is 11.5 Å². The van der Waals surface area contributed by atoms with Crippen molar-refractivity contribution in [2.45, 2.75) is 32.1 Å². The Kier molecular flexibility index (Phi) is 10.8. The smallest absolute Gasteiger partial charge is 0.437 e. The Morgan fingerprint density at radius 3 is 1.55 bits per heavy atom. The van der Waals surface area contributed by atoms with E-state index in [2.05, 4.69) is 19.4 Å². The van der Waals surface area contributed by atoms with Crippen LogP contribution in [-0.4, -0.2) is 58.3 Å². The average molecular weight is 571 g/mol. The van der Waals surface area contributed by atoms with Crippen LogP contribution in [-0.2, 0) is 19.2 Å². The first-order valence-corrected chi connectivity index (χ1v) is 12.6. The highest BCUT2D eigenvalue weighted by Gasteiger charge is 2.39. The zero-order valence-electron chi connectivity index (χ0n) is 20.2. The Morgan fingerprint density at radius 2 is 1.18 bits per heavy atom. The molecule has 0 saturated carbocycles. The predicted octanol–water partition coefficient (Wildman–Crippen LogP) is 5.47. The topological polar surface area (TPSA) is 95.8 Å². The fraction of sp³-hybridized carbons (Fsp3) is 0.391. The lowest BCUT2D eigenvalue weighted by molar-refractivity contribution is -0.0613. The molecule has 2 rings (SSSR count). The third kappa shape index (κ3) is 9.76. The largest absolute Gasteiger partial charge is 0.493 e. The summed E-state index contributed by atoms with van der Waals surface area (Å²) in [7, 11) is -3.23. The van der Waals surface area contributed by atoms with Crippen LogP contribution < -0.4 is 9.47 Å². The van der Waals surface area contributed by atoms with Gasteiger partial charge in [-0.25, -0.2) is 0 Å². The van der Waals surface area contributed by atoms with Crippen molar-refractivity contribution < 1.29 is 53.4 Å². The number of oxime groups is 2. The summed E-state index contributed by atoms with van der Waals surface area (Å²) in [5.74, 6) is 0.0569. The monoisotopic (exact) mass is 570 g/mol. The molecule has 0 aliphatic heterocycles. The molecule has 0 fully saturated rings. The van der Waals surface area contributed by atoms with Gasteiger partial charge in [-0.15, -0.1) is 0 Å². The first-order valence-electron chi connectivity index (χ1n) is 11.0. The van der Waals surface area contributed by atoms with Crippen molar-refractivity contribution >= 4 is 21.5 Å². The van der Waals surface area contributed by atoms with Crippen LogP contribution in [0.25, 0.3) is 0 Å². The molecule has 8 nitrogen and oxygen atoms in total. The second-order valence-corrected chi connectivity index (χ2v) is 9.17. The SMILES string of the molecule is CCCS(=O)(=O)O/N=C(\c1ccc(OCCCOc2ccc(/C(=N\OC)C(F)(F)F)cc2)cc1)C(F)(F)F. The van der Waals surface area contributed by atoms with Crippen LogP contribution in [0.2, 0.25) is 0 Å². The first-order chi connectivity index (χ1) is 17.8. The van der Waals surface area contributed by atoms with E-state index in [0.717, 1.165) is 19.2 Å². The summed E-state index contributed by atoms with van der Waals surface area (Å²) in [4.78, 5) is 4.25. The van der Waals surface area contributed by atoms with Gasteiger partial charge in [0.2, 0.25) is 0 Å². The van der Waals surface area contributed by atoms with Gasteiger partial charge in [-0.2, -0.15) is 34.8 Å². The van der Waals surface area contributed by atoms with Crippen LogP contribution in [0.4, 0.5) is 26.3 Å². The quantitative estimate of drug-likeness (QED) is 0.137. The van der Waals surface area contributed by atoms with Gasteiger partial charge in [0.25, 0.3) is 0 Å². The van der Waals surface area contributed by atoms with Gasteiger partial charge in [-0.05, 0) is 55.0 Å². The van der Waals surface area contributed by atoms with Gasteiger partial charge in [0, 0.05) is 17.5 Å². The summed E-state index contributed by atoms with van der Waals surface area (Å²) in [6, 6.07) is 9.64. The molecule has 0 aliphatic carbocycles. The molecule has 0 N–H and O–H groups in total. The number of hydrogen-bond donors (Lipinski definition) is 0. The average Bonchev–Trinajstić information content (AvgIpc) is 2.82. The standard InChI is InChI=1S/C23H24F6N2O6S/c1-3-15-38(32,33)37-31-21(23(27,28)29)17-7-11-19(12-8-17)36-14-4-13-35-18-9-5-16(6-10-18)20(30-34-2)22(24,25)26/h5-12H,3-4,13-15H2,1-2H3/b30-20+,31-21+. The van der Waals surface area contributed by atoms with E-state index in [-0.39, 0.29) is 30.9 Å². The summed E-state index contributed by atoms with van der Waals surface area (Å²) in [5.41, 5.74) is -3.33. The second-order valence-electron chi connectivity index (χ2n) is 7.49. The molecule has 0 heterocycles. The first kappa shape index (κ1) is 30.7. The molecule has 0 unspecified atom stereocenters. The van der Waals surface area contributed by atoms with Gasteiger partial charge in [-0.3, -0.25) is 4.28 Å². The zero-order valence-corrected chi connectivity index (χ0v) is 21.0. The van der Waals surface area contributed by atoms with Gasteiger partial charge >= 0.3 is 22.5 Å². The molecule has 0 spiro atoms. The predicted molar refractivity (Wildman–Crippen MR) is 126 cm³/mol. The molecular formula is C23H24F6N2O6S. The van der Waals surface area contributed by atoms with E-state index in [1.807, 2.05) is 0 Å². The Bertz CT molecular complexity index is 1190. The van der Waals surface area contributed by atoms with Gasteiger partial charge < -0.3 is 14.3 Å². The van der Waals surface area contributed by atoms with Crippen LogP contribution in [0, 0.1) is 0 Å². The number of rotatable bonds is 13. The van der Waals surface area contributed by atoms with Crippen molar-refractivity contribution in [2.75, 3.05) is 26.1 Å². The maximum Gasteiger partial charge on any atom is 0.437 e. The fourth-order valence-corrected chi connectivity index (χ4v) is 3.63. The van der Waals surface area contributed by atoms with E-state index in [9.17, 15) is 34.8 Å². The lowest BCUT2D eigenvalue weighted by atomic mass is 10.1. The molecule has 2 aromatic carbocycles. The minimum absolute atomic E-state index is 0.120. The molecule has 38 heavy (non-hydrogen) atoms. The highest BCUT2D eigenvalue weighted by atomic mass is 32.2. The molecule has 210 valence electrons. The molecule has 0 atom stereocenters. The molecule has 0 aliphatic rings. The highest BCUT2D eigenvalue weighted by Crippen LogP contribution is 2.26. The van der Waals surface area contributed by atoms with E-state index in [0.29, 0.717) is 12.2 Å². The van der Waals surface area contributed by atoms with E-state index >= 15 is 0 Å². The third-order valence-corrected chi connectivity index (χ3v) is 5.71. The minimum Gasteiger partial charge on any atom is -0.493 e. The number of alkyl halides is 6. The number of benzene rings is 2. The van der Waals surface area contributed by atoms with Crippen LogP contribution in [0.1, 0.15) is 30.9 Å². The van der Waals surface area contributed by atoms with Crippen molar-refractivity contribution in [1.29, 1.82) is 0 Å². The maximum atomic E-state index is 13.3. The molecule has 15 heteroatoms. The number of hydrogen-bond acceptors (Lipinski definition) is 8. The Balaban J connectivity index is 1.89. The Labute approximate surface area is 214 Å². The molecule has 0 aromatic heterocycles. The molecule has 0 amide bonds. The summed E-state index contributed by atoms with van der Waals surface area (Å²) in [6.07, 6.45) is -9.17. The number of nitrogens with zero attached hydrogens (tertiary/aromatic N) is 2. The van der Waals surface area contributed by atoms with Crippen LogP contribution in [0.3, 0.4) is 0 Å². The number of halogens is 6. The highest BCUT2D eigenvalue weighted by molar-refractivity contribution is 7.86. The van der Waals surface area contributed by atoms with Crippen molar-refractivity contribution in [2.24, 2.45) is 10.3 Å².